The zero-order chi connectivity index (χ0) is 13.3. The van der Waals surface area contributed by atoms with Crippen LogP contribution in [0.1, 0.15) is 35.9 Å². The molecule has 94 valence electrons. The van der Waals surface area contributed by atoms with Gasteiger partial charge in [0.2, 0.25) is 0 Å². The van der Waals surface area contributed by atoms with Gasteiger partial charge in [0.1, 0.15) is 11.5 Å². The standard InChI is InChI=1S/C11H11FN4O2/c1-6(2)10-13-14-15-16(10)9-5-7(11(17)18)3-4-8(9)12/h3-6H,1-2H3,(H,17,18). The predicted molar refractivity (Wildman–Crippen MR) is 60.2 cm³/mol. The van der Waals surface area contributed by atoms with E-state index in [1.54, 1.807) is 0 Å². The maximum Gasteiger partial charge on any atom is 0.335 e. The van der Waals surface area contributed by atoms with Gasteiger partial charge in [-0.15, -0.1) is 5.10 Å². The Morgan fingerprint density at radius 3 is 2.78 bits per heavy atom. The quantitative estimate of drug-likeness (QED) is 0.895. The highest BCUT2D eigenvalue weighted by molar-refractivity contribution is 5.88. The zero-order valence-corrected chi connectivity index (χ0v) is 9.83. The second-order valence-corrected chi connectivity index (χ2v) is 4.07. The molecule has 0 saturated heterocycles. The normalized spacial score (nSPS) is 10.9. The van der Waals surface area contributed by atoms with Crippen LogP contribution in [-0.4, -0.2) is 31.3 Å². The molecule has 1 N–H and O–H groups in total. The van der Waals surface area contributed by atoms with E-state index in [0.29, 0.717) is 5.82 Å². The second kappa shape index (κ2) is 4.52. The first-order valence-corrected chi connectivity index (χ1v) is 5.32. The highest BCUT2D eigenvalue weighted by Crippen LogP contribution is 2.19. The fourth-order valence-electron chi connectivity index (χ4n) is 1.53. The van der Waals surface area contributed by atoms with Crippen LogP contribution in [0.25, 0.3) is 5.69 Å². The van der Waals surface area contributed by atoms with Crippen LogP contribution in [-0.2, 0) is 0 Å². The van der Waals surface area contributed by atoms with Crippen molar-refractivity contribution in [1.29, 1.82) is 0 Å². The van der Waals surface area contributed by atoms with Gasteiger partial charge in [0.05, 0.1) is 5.56 Å². The van der Waals surface area contributed by atoms with Gasteiger partial charge in [-0.25, -0.2) is 9.18 Å². The summed E-state index contributed by atoms with van der Waals surface area (Å²) in [7, 11) is 0. The minimum absolute atomic E-state index is 0.00659. The van der Waals surface area contributed by atoms with Crippen molar-refractivity contribution in [2.75, 3.05) is 0 Å². The van der Waals surface area contributed by atoms with Crippen LogP contribution in [0.15, 0.2) is 18.2 Å². The van der Waals surface area contributed by atoms with Crippen molar-refractivity contribution in [3.8, 4) is 5.69 Å². The molecule has 0 aliphatic carbocycles. The fourth-order valence-corrected chi connectivity index (χ4v) is 1.53. The van der Waals surface area contributed by atoms with Gasteiger partial charge in [-0.3, -0.25) is 0 Å². The van der Waals surface area contributed by atoms with Crippen LogP contribution >= 0.6 is 0 Å². The lowest BCUT2D eigenvalue weighted by Gasteiger charge is -2.08. The first-order chi connectivity index (χ1) is 8.50. The highest BCUT2D eigenvalue weighted by atomic mass is 19.1. The van der Waals surface area contributed by atoms with Crippen molar-refractivity contribution in [3.05, 3.63) is 35.4 Å². The van der Waals surface area contributed by atoms with Gasteiger partial charge in [0.25, 0.3) is 0 Å². The average Bonchev–Trinajstić information content (AvgIpc) is 2.78. The van der Waals surface area contributed by atoms with Crippen LogP contribution in [0.2, 0.25) is 0 Å². The van der Waals surface area contributed by atoms with Crippen molar-refractivity contribution >= 4 is 5.97 Å². The number of carbonyl (C=O) groups is 1. The number of rotatable bonds is 3. The number of aromatic nitrogens is 4. The molecule has 0 spiro atoms. The van der Waals surface area contributed by atoms with E-state index in [2.05, 4.69) is 15.5 Å². The first kappa shape index (κ1) is 12.2. The maximum absolute atomic E-state index is 13.7. The molecule has 0 unspecified atom stereocenters. The number of halogens is 1. The average molecular weight is 250 g/mol. The van der Waals surface area contributed by atoms with E-state index in [0.717, 1.165) is 6.07 Å². The molecule has 0 radical (unpaired) electrons. The van der Waals surface area contributed by atoms with E-state index in [4.69, 9.17) is 5.11 Å². The largest absolute Gasteiger partial charge is 0.478 e. The lowest BCUT2D eigenvalue weighted by atomic mass is 10.1. The number of carboxylic acid groups (broad SMARTS) is 1. The summed E-state index contributed by atoms with van der Waals surface area (Å²) in [6.45, 7) is 3.72. The lowest BCUT2D eigenvalue weighted by Crippen LogP contribution is -2.08. The summed E-state index contributed by atoms with van der Waals surface area (Å²) < 4.78 is 14.9. The summed E-state index contributed by atoms with van der Waals surface area (Å²) in [5.41, 5.74) is 0.0141. The third-order valence-corrected chi connectivity index (χ3v) is 2.43. The fraction of sp³-hybridized carbons (Fsp3) is 0.273. The predicted octanol–water partition coefficient (Wildman–Crippen LogP) is 1.62. The second-order valence-electron chi connectivity index (χ2n) is 4.07. The molecule has 0 fully saturated rings. The van der Waals surface area contributed by atoms with E-state index < -0.39 is 11.8 Å². The Morgan fingerprint density at radius 2 is 2.17 bits per heavy atom. The van der Waals surface area contributed by atoms with E-state index >= 15 is 0 Å². The van der Waals surface area contributed by atoms with Gasteiger partial charge < -0.3 is 5.11 Å². The SMILES string of the molecule is CC(C)c1nnnn1-c1cc(C(=O)O)ccc1F. The summed E-state index contributed by atoms with van der Waals surface area (Å²) in [5.74, 6) is -1.24. The molecule has 0 bridgehead atoms. The Morgan fingerprint density at radius 1 is 1.44 bits per heavy atom. The molecular weight excluding hydrogens is 239 g/mol. The molecule has 0 saturated carbocycles. The summed E-state index contributed by atoms with van der Waals surface area (Å²) in [4.78, 5) is 10.9. The molecule has 0 amide bonds. The summed E-state index contributed by atoms with van der Waals surface area (Å²) in [6.07, 6.45) is 0. The van der Waals surface area contributed by atoms with Gasteiger partial charge in [-0.2, -0.15) is 4.68 Å². The van der Waals surface area contributed by atoms with E-state index in [1.807, 2.05) is 13.8 Å². The van der Waals surface area contributed by atoms with Crippen LogP contribution < -0.4 is 0 Å². The Labute approximate surface area is 102 Å². The van der Waals surface area contributed by atoms with Gasteiger partial charge in [0, 0.05) is 5.92 Å². The van der Waals surface area contributed by atoms with Gasteiger partial charge in [0.15, 0.2) is 5.82 Å². The number of carboxylic acids is 1. The Kier molecular flexibility index (Phi) is 3.05. The molecule has 0 aliphatic rings. The van der Waals surface area contributed by atoms with E-state index in [1.165, 1.54) is 16.8 Å². The molecular formula is C11H11FN4O2. The topological polar surface area (TPSA) is 80.9 Å². The number of nitrogens with zero attached hydrogens (tertiary/aromatic N) is 4. The van der Waals surface area contributed by atoms with Crippen molar-refractivity contribution in [2.45, 2.75) is 19.8 Å². The highest BCUT2D eigenvalue weighted by Gasteiger charge is 2.16. The van der Waals surface area contributed by atoms with Gasteiger partial charge >= 0.3 is 5.97 Å². The molecule has 0 aliphatic heterocycles. The lowest BCUT2D eigenvalue weighted by molar-refractivity contribution is 0.0697. The molecule has 1 aromatic carbocycles. The summed E-state index contributed by atoms with van der Waals surface area (Å²) >= 11 is 0. The smallest absolute Gasteiger partial charge is 0.335 e. The van der Waals surface area contributed by atoms with E-state index in [9.17, 15) is 9.18 Å². The Bertz CT molecular complexity index is 594. The van der Waals surface area contributed by atoms with Crippen LogP contribution in [0.4, 0.5) is 4.39 Å². The number of hydrogen-bond donors (Lipinski definition) is 1. The van der Waals surface area contributed by atoms with Crippen molar-refractivity contribution in [2.24, 2.45) is 0 Å². The molecule has 1 heterocycles. The van der Waals surface area contributed by atoms with Crippen molar-refractivity contribution in [1.82, 2.24) is 20.2 Å². The minimum Gasteiger partial charge on any atom is -0.478 e. The maximum atomic E-state index is 13.7. The van der Waals surface area contributed by atoms with Crippen LogP contribution in [0, 0.1) is 5.82 Å². The molecule has 6 nitrogen and oxygen atoms in total. The number of aromatic carboxylic acids is 1. The molecule has 2 rings (SSSR count). The number of tetrazole rings is 1. The third-order valence-electron chi connectivity index (χ3n) is 2.43. The van der Waals surface area contributed by atoms with E-state index in [-0.39, 0.29) is 17.2 Å². The number of hydrogen-bond acceptors (Lipinski definition) is 4. The zero-order valence-electron chi connectivity index (χ0n) is 9.83. The van der Waals surface area contributed by atoms with Crippen molar-refractivity contribution in [3.63, 3.8) is 0 Å². The Balaban J connectivity index is 2.59. The van der Waals surface area contributed by atoms with Crippen LogP contribution in [0.5, 0.6) is 0 Å². The van der Waals surface area contributed by atoms with Gasteiger partial charge in [-0.1, -0.05) is 13.8 Å². The Hall–Kier alpha value is -2.31. The molecule has 2 aromatic rings. The monoisotopic (exact) mass is 250 g/mol. The summed E-state index contributed by atoms with van der Waals surface area (Å²) in [6, 6.07) is 3.49. The van der Waals surface area contributed by atoms with Crippen LogP contribution in [0.3, 0.4) is 0 Å². The molecule has 7 heteroatoms. The molecule has 1 aromatic heterocycles. The minimum atomic E-state index is -1.13. The first-order valence-electron chi connectivity index (χ1n) is 5.32. The molecule has 0 atom stereocenters. The third kappa shape index (κ3) is 2.06. The molecule has 18 heavy (non-hydrogen) atoms. The summed E-state index contributed by atoms with van der Waals surface area (Å²) in [5, 5.41) is 19.9. The number of benzene rings is 1. The van der Waals surface area contributed by atoms with Gasteiger partial charge in [-0.05, 0) is 28.6 Å². The van der Waals surface area contributed by atoms with Crippen molar-refractivity contribution < 1.29 is 14.3 Å².